The molecule has 0 saturated heterocycles. The Labute approximate surface area is 96.8 Å². The van der Waals surface area contributed by atoms with E-state index in [-0.39, 0.29) is 5.91 Å². The highest BCUT2D eigenvalue weighted by Gasteiger charge is 2.30. The van der Waals surface area contributed by atoms with Crippen molar-refractivity contribution in [3.05, 3.63) is 0 Å². The molecule has 1 amide bonds. The summed E-state index contributed by atoms with van der Waals surface area (Å²) in [7, 11) is 1.68. The molecule has 2 N–H and O–H groups in total. The maximum Gasteiger partial charge on any atom is 0.233 e. The van der Waals surface area contributed by atoms with Crippen molar-refractivity contribution in [3.8, 4) is 0 Å². The summed E-state index contributed by atoms with van der Waals surface area (Å²) in [5.74, 6) is 0.0714. The number of rotatable bonds is 5. The van der Waals surface area contributed by atoms with Gasteiger partial charge in [-0.15, -0.1) is 0 Å². The number of thioether (sulfide) groups is 1. The van der Waals surface area contributed by atoms with Crippen LogP contribution in [0.3, 0.4) is 0 Å². The van der Waals surface area contributed by atoms with Crippen LogP contribution in [0.5, 0.6) is 0 Å². The molecule has 0 bridgehead atoms. The quantitative estimate of drug-likeness (QED) is 0.750. The first-order valence-corrected chi connectivity index (χ1v) is 6.91. The first-order chi connectivity index (χ1) is 7.22. The fraction of sp³-hybridized carbons (Fsp3) is 0.909. The van der Waals surface area contributed by atoms with Gasteiger partial charge in [-0.3, -0.25) is 4.79 Å². The van der Waals surface area contributed by atoms with Crippen molar-refractivity contribution in [3.63, 3.8) is 0 Å². The van der Waals surface area contributed by atoms with Crippen LogP contribution < -0.4 is 10.6 Å². The molecule has 0 heterocycles. The normalized spacial score (nSPS) is 19.9. The lowest BCUT2D eigenvalue weighted by Crippen LogP contribution is -2.42. The second-order valence-electron chi connectivity index (χ2n) is 4.22. The van der Waals surface area contributed by atoms with Crippen LogP contribution in [-0.2, 0) is 4.79 Å². The fourth-order valence-electron chi connectivity index (χ4n) is 2.14. The minimum absolute atomic E-state index is 0.0714. The molecule has 1 fully saturated rings. The first kappa shape index (κ1) is 12.8. The molecular formula is C11H22N2OS. The molecule has 0 aromatic carbocycles. The highest BCUT2D eigenvalue weighted by atomic mass is 32.2. The van der Waals surface area contributed by atoms with Crippen LogP contribution in [0.25, 0.3) is 0 Å². The molecule has 4 heteroatoms. The summed E-state index contributed by atoms with van der Waals surface area (Å²) in [5, 5.41) is 5.89. The Hall–Kier alpha value is -0.220. The summed E-state index contributed by atoms with van der Waals surface area (Å²) < 4.78 is 0.381. The van der Waals surface area contributed by atoms with Gasteiger partial charge in [0.25, 0.3) is 0 Å². The highest BCUT2D eigenvalue weighted by Crippen LogP contribution is 2.37. The predicted molar refractivity (Wildman–Crippen MR) is 66.3 cm³/mol. The van der Waals surface area contributed by atoms with E-state index in [0.717, 1.165) is 6.54 Å². The Bertz CT molecular complexity index is 203. The van der Waals surface area contributed by atoms with Crippen LogP contribution in [0, 0.1) is 0 Å². The maximum absolute atomic E-state index is 11.1. The minimum atomic E-state index is 0.0714. The second-order valence-corrected chi connectivity index (χ2v) is 5.50. The summed E-state index contributed by atoms with van der Waals surface area (Å²) in [4.78, 5) is 11.1. The molecule has 0 radical (unpaired) electrons. The molecule has 1 aliphatic carbocycles. The number of carbonyl (C=O) groups is 1. The molecule has 0 aromatic rings. The van der Waals surface area contributed by atoms with E-state index >= 15 is 0 Å². The van der Waals surface area contributed by atoms with Gasteiger partial charge in [0, 0.05) is 18.3 Å². The van der Waals surface area contributed by atoms with Gasteiger partial charge in [-0.25, -0.2) is 0 Å². The molecule has 3 nitrogen and oxygen atoms in total. The number of nitrogens with one attached hydrogen (secondary N) is 2. The summed E-state index contributed by atoms with van der Waals surface area (Å²) in [5.41, 5.74) is 0. The third-order valence-corrected chi connectivity index (χ3v) is 4.63. The van der Waals surface area contributed by atoms with Gasteiger partial charge in [-0.1, -0.05) is 19.3 Å². The van der Waals surface area contributed by atoms with Crippen molar-refractivity contribution in [2.45, 2.75) is 36.9 Å². The first-order valence-electron chi connectivity index (χ1n) is 5.69. The van der Waals surface area contributed by atoms with Crippen molar-refractivity contribution in [1.82, 2.24) is 10.6 Å². The number of hydrogen-bond donors (Lipinski definition) is 2. The number of carbonyl (C=O) groups excluding carboxylic acids is 1. The monoisotopic (exact) mass is 230 g/mol. The van der Waals surface area contributed by atoms with Crippen molar-refractivity contribution in [1.29, 1.82) is 0 Å². The van der Waals surface area contributed by atoms with Gasteiger partial charge >= 0.3 is 0 Å². The zero-order valence-electron chi connectivity index (χ0n) is 9.77. The zero-order chi connectivity index (χ0) is 11.1. The third-order valence-electron chi connectivity index (χ3n) is 3.21. The van der Waals surface area contributed by atoms with Gasteiger partial charge in [-0.05, 0) is 19.1 Å². The zero-order valence-corrected chi connectivity index (χ0v) is 10.6. The molecular weight excluding hydrogens is 208 g/mol. The van der Waals surface area contributed by atoms with Crippen molar-refractivity contribution in [2.24, 2.45) is 0 Å². The lowest BCUT2D eigenvalue weighted by atomic mass is 9.88. The van der Waals surface area contributed by atoms with Gasteiger partial charge in [0.1, 0.15) is 0 Å². The van der Waals surface area contributed by atoms with Crippen LogP contribution in [-0.4, -0.2) is 37.0 Å². The maximum atomic E-state index is 11.1. The predicted octanol–water partition coefficient (Wildman–Crippen LogP) is 1.39. The van der Waals surface area contributed by atoms with Crippen molar-refractivity contribution >= 4 is 17.7 Å². The van der Waals surface area contributed by atoms with Crippen molar-refractivity contribution in [2.75, 3.05) is 26.4 Å². The lowest BCUT2D eigenvalue weighted by molar-refractivity contribution is -0.119. The highest BCUT2D eigenvalue weighted by molar-refractivity contribution is 8.00. The molecule has 1 saturated carbocycles. The van der Waals surface area contributed by atoms with Gasteiger partial charge in [0.2, 0.25) is 5.91 Å². The van der Waals surface area contributed by atoms with E-state index in [9.17, 15) is 4.79 Å². The summed E-state index contributed by atoms with van der Waals surface area (Å²) >= 11 is 1.96. The van der Waals surface area contributed by atoms with E-state index in [4.69, 9.17) is 0 Å². The Morgan fingerprint density at radius 3 is 2.53 bits per heavy atom. The SMILES string of the molecule is CNC(=O)CNCC1(SC)CCCCC1. The van der Waals surface area contributed by atoms with Crippen LogP contribution in [0.15, 0.2) is 0 Å². The molecule has 88 valence electrons. The molecule has 1 aliphatic rings. The Balaban J connectivity index is 2.29. The Morgan fingerprint density at radius 2 is 2.00 bits per heavy atom. The Kier molecular flexibility index (Phi) is 5.47. The van der Waals surface area contributed by atoms with Crippen LogP contribution in [0.2, 0.25) is 0 Å². The van der Waals surface area contributed by atoms with E-state index in [1.165, 1.54) is 32.1 Å². The molecule has 0 atom stereocenters. The number of amides is 1. The molecule has 0 aromatic heterocycles. The van der Waals surface area contributed by atoms with Crippen LogP contribution in [0.4, 0.5) is 0 Å². The average molecular weight is 230 g/mol. The van der Waals surface area contributed by atoms with Crippen LogP contribution >= 0.6 is 11.8 Å². The summed E-state index contributed by atoms with van der Waals surface area (Å²) in [6.45, 7) is 1.40. The fourth-order valence-corrected chi connectivity index (χ4v) is 3.08. The van der Waals surface area contributed by atoms with Gasteiger partial charge in [-0.2, -0.15) is 11.8 Å². The van der Waals surface area contributed by atoms with E-state index in [1.54, 1.807) is 7.05 Å². The van der Waals surface area contributed by atoms with E-state index in [0.29, 0.717) is 11.3 Å². The summed E-state index contributed by atoms with van der Waals surface area (Å²) in [6, 6.07) is 0. The largest absolute Gasteiger partial charge is 0.358 e. The lowest BCUT2D eigenvalue weighted by Gasteiger charge is -2.35. The Morgan fingerprint density at radius 1 is 1.33 bits per heavy atom. The van der Waals surface area contributed by atoms with E-state index in [2.05, 4.69) is 16.9 Å². The standard InChI is InChI=1S/C11H22N2OS/c1-12-10(14)8-13-9-11(15-2)6-4-3-5-7-11/h13H,3-9H2,1-2H3,(H,12,14). The molecule has 1 rings (SSSR count). The van der Waals surface area contributed by atoms with Gasteiger partial charge in [0.05, 0.1) is 6.54 Å². The van der Waals surface area contributed by atoms with Crippen molar-refractivity contribution < 1.29 is 4.79 Å². The van der Waals surface area contributed by atoms with E-state index < -0.39 is 0 Å². The molecule has 0 unspecified atom stereocenters. The second kappa shape index (κ2) is 6.38. The molecule has 0 aliphatic heterocycles. The smallest absolute Gasteiger partial charge is 0.233 e. The van der Waals surface area contributed by atoms with E-state index in [1.807, 2.05) is 11.8 Å². The van der Waals surface area contributed by atoms with Gasteiger partial charge < -0.3 is 10.6 Å². The minimum Gasteiger partial charge on any atom is -0.358 e. The molecule has 15 heavy (non-hydrogen) atoms. The number of hydrogen-bond acceptors (Lipinski definition) is 3. The van der Waals surface area contributed by atoms with Crippen LogP contribution in [0.1, 0.15) is 32.1 Å². The summed E-state index contributed by atoms with van der Waals surface area (Å²) in [6.07, 6.45) is 8.81. The number of likely N-dealkylation sites (N-methyl/N-ethyl adjacent to an activating group) is 1. The third kappa shape index (κ3) is 4.03. The van der Waals surface area contributed by atoms with Gasteiger partial charge in [0.15, 0.2) is 0 Å². The molecule has 0 spiro atoms. The topological polar surface area (TPSA) is 41.1 Å². The average Bonchev–Trinajstić information content (AvgIpc) is 2.30.